The zero-order chi connectivity index (χ0) is 28.8. The number of H-pyrrole nitrogens is 1. The molecule has 8 rings (SSSR count). The van der Waals surface area contributed by atoms with Gasteiger partial charge in [0.15, 0.2) is 0 Å². The minimum absolute atomic E-state index is 0.126. The van der Waals surface area contributed by atoms with Gasteiger partial charge in [-0.3, -0.25) is 4.99 Å². The average Bonchev–Trinajstić information content (AvgIpc) is 3.62. The van der Waals surface area contributed by atoms with E-state index in [2.05, 4.69) is 120 Å². The van der Waals surface area contributed by atoms with Crippen LogP contribution in [0.1, 0.15) is 47.6 Å². The van der Waals surface area contributed by atoms with E-state index in [4.69, 9.17) is 15.3 Å². The van der Waals surface area contributed by atoms with Crippen LogP contribution in [0.5, 0.6) is 0 Å². The first-order valence-electron chi connectivity index (χ1n) is 15.0. The molecule has 4 N–H and O–H groups in total. The van der Waals surface area contributed by atoms with Gasteiger partial charge in [-0.05, 0) is 65.6 Å². The monoisotopic (exact) mass is 560 g/mol. The molecular formula is C38H32N4O. The van der Waals surface area contributed by atoms with Gasteiger partial charge >= 0.3 is 0 Å². The Morgan fingerprint density at radius 1 is 0.884 bits per heavy atom. The third kappa shape index (κ3) is 4.49. The van der Waals surface area contributed by atoms with E-state index in [0.29, 0.717) is 5.84 Å². The first-order chi connectivity index (χ1) is 21.3. The fourth-order valence-corrected chi connectivity index (χ4v) is 6.64. The van der Waals surface area contributed by atoms with Gasteiger partial charge in [0.25, 0.3) is 0 Å². The molecule has 2 aromatic heterocycles. The fourth-order valence-electron chi connectivity index (χ4n) is 6.64. The average molecular weight is 561 g/mol. The van der Waals surface area contributed by atoms with Crippen molar-refractivity contribution in [2.75, 3.05) is 0 Å². The summed E-state index contributed by atoms with van der Waals surface area (Å²) in [7, 11) is 0. The van der Waals surface area contributed by atoms with Crippen LogP contribution in [0.4, 0.5) is 0 Å². The van der Waals surface area contributed by atoms with Gasteiger partial charge in [-0.25, -0.2) is 5.84 Å². The number of fused-ring (bicyclic) bond motifs is 6. The summed E-state index contributed by atoms with van der Waals surface area (Å²) in [5, 5.41) is 3.38. The van der Waals surface area contributed by atoms with E-state index >= 15 is 0 Å². The van der Waals surface area contributed by atoms with Crippen LogP contribution in [0.15, 0.2) is 124 Å². The number of nitrogens with one attached hydrogen (secondary N) is 2. The number of hydrogen-bond acceptors (Lipinski definition) is 3. The van der Waals surface area contributed by atoms with Crippen LogP contribution >= 0.6 is 0 Å². The Labute approximate surface area is 250 Å². The first-order valence-corrected chi connectivity index (χ1v) is 15.0. The largest absolute Gasteiger partial charge is 0.439 e. The number of aryl methyl sites for hydroxylation is 1. The van der Waals surface area contributed by atoms with Crippen molar-refractivity contribution < 1.29 is 4.42 Å². The normalized spacial score (nSPS) is 15.7. The molecule has 0 fully saturated rings. The molecule has 6 aromatic rings. The quantitative estimate of drug-likeness (QED) is 0.0852. The minimum Gasteiger partial charge on any atom is -0.439 e. The van der Waals surface area contributed by atoms with Gasteiger partial charge in [0.05, 0.1) is 11.4 Å². The van der Waals surface area contributed by atoms with E-state index in [0.717, 1.165) is 70.0 Å². The zero-order valence-corrected chi connectivity index (χ0v) is 23.8. The van der Waals surface area contributed by atoms with Crippen molar-refractivity contribution in [2.24, 2.45) is 10.8 Å². The highest BCUT2D eigenvalue weighted by Crippen LogP contribution is 2.39. The van der Waals surface area contributed by atoms with Crippen molar-refractivity contribution in [3.8, 4) is 11.1 Å². The number of aromatic amines is 1. The van der Waals surface area contributed by atoms with Crippen molar-refractivity contribution in [3.05, 3.63) is 137 Å². The number of nitrogens with zero attached hydrogens (tertiary/aromatic N) is 1. The maximum atomic E-state index is 6.45. The highest BCUT2D eigenvalue weighted by Gasteiger charge is 2.21. The molecule has 2 aliphatic carbocycles. The Balaban J connectivity index is 1.22. The number of rotatable bonds is 5. The molecule has 43 heavy (non-hydrogen) atoms. The second-order valence-electron chi connectivity index (χ2n) is 11.4. The van der Waals surface area contributed by atoms with Crippen LogP contribution in [0, 0.1) is 0 Å². The lowest BCUT2D eigenvalue weighted by Gasteiger charge is -2.22. The van der Waals surface area contributed by atoms with Gasteiger partial charge < -0.3 is 14.8 Å². The van der Waals surface area contributed by atoms with E-state index in [1.54, 1.807) is 0 Å². The molecule has 0 saturated heterocycles. The second kappa shape index (κ2) is 10.6. The third-order valence-corrected chi connectivity index (χ3v) is 8.76. The predicted molar refractivity (Wildman–Crippen MR) is 178 cm³/mol. The summed E-state index contributed by atoms with van der Waals surface area (Å²) >= 11 is 0. The van der Waals surface area contributed by atoms with Crippen molar-refractivity contribution >= 4 is 44.9 Å². The molecule has 0 bridgehead atoms. The standard InChI is InChI=1S/C38H32N4O/c39-42-37(41-35(25-11-2-1-3-12-25)28-21-20-24-10-4-5-13-26(24)22-28)29-15-8-14-27(23-29)30-17-9-18-32-34-31-16-6-7-19-33(31)40-38(34)43-36(30)32/h1-2,4,6-11,14-23,35,40H,3,5,12-13,39H2,(H,41,42). The molecule has 210 valence electrons. The summed E-state index contributed by atoms with van der Waals surface area (Å²) in [5.41, 5.74) is 13.9. The summed E-state index contributed by atoms with van der Waals surface area (Å²) < 4.78 is 6.45. The molecule has 0 aliphatic heterocycles. The molecule has 1 atom stereocenters. The molecule has 0 radical (unpaired) electrons. The first kappa shape index (κ1) is 25.6. The van der Waals surface area contributed by atoms with Gasteiger partial charge in [0.2, 0.25) is 5.71 Å². The molecule has 1 unspecified atom stereocenters. The lowest BCUT2D eigenvalue weighted by atomic mass is 9.88. The molecule has 2 aliphatic rings. The lowest BCUT2D eigenvalue weighted by Crippen LogP contribution is -2.32. The number of nitrogens with two attached hydrogens (primary N) is 1. The van der Waals surface area contributed by atoms with E-state index in [9.17, 15) is 0 Å². The molecule has 5 heteroatoms. The highest BCUT2D eigenvalue weighted by atomic mass is 16.3. The Bertz CT molecular complexity index is 2140. The van der Waals surface area contributed by atoms with Crippen molar-refractivity contribution in [2.45, 2.75) is 31.7 Å². The molecule has 0 saturated carbocycles. The number of hydrogen-bond donors (Lipinski definition) is 3. The Morgan fingerprint density at radius 2 is 1.77 bits per heavy atom. The predicted octanol–water partition coefficient (Wildman–Crippen LogP) is 8.92. The number of aromatic nitrogens is 1. The van der Waals surface area contributed by atoms with Gasteiger partial charge in [0.1, 0.15) is 11.4 Å². The summed E-state index contributed by atoms with van der Waals surface area (Å²) in [6, 6.07) is 29.7. The Morgan fingerprint density at radius 3 is 2.67 bits per heavy atom. The summed E-state index contributed by atoms with van der Waals surface area (Å²) in [5.74, 6) is 6.85. The van der Waals surface area contributed by atoms with Crippen LogP contribution in [-0.2, 0) is 6.42 Å². The number of hydrazine groups is 1. The van der Waals surface area contributed by atoms with Crippen molar-refractivity contribution in [1.82, 2.24) is 10.4 Å². The van der Waals surface area contributed by atoms with E-state index < -0.39 is 0 Å². The zero-order valence-electron chi connectivity index (χ0n) is 23.8. The summed E-state index contributed by atoms with van der Waals surface area (Å²) in [4.78, 5) is 8.74. The number of aliphatic imine (C=N–C) groups is 1. The van der Waals surface area contributed by atoms with Crippen molar-refractivity contribution in [3.63, 3.8) is 0 Å². The molecule has 4 aromatic carbocycles. The topological polar surface area (TPSA) is 79.3 Å². The minimum atomic E-state index is -0.126. The number of amidine groups is 1. The smallest absolute Gasteiger partial charge is 0.206 e. The van der Waals surface area contributed by atoms with Gasteiger partial charge in [-0.15, -0.1) is 0 Å². The molecule has 5 nitrogen and oxygen atoms in total. The number of benzene rings is 4. The van der Waals surface area contributed by atoms with Crippen LogP contribution in [0.3, 0.4) is 0 Å². The molecule has 0 spiro atoms. The highest BCUT2D eigenvalue weighted by molar-refractivity contribution is 6.20. The number of para-hydroxylation sites is 2. The summed E-state index contributed by atoms with van der Waals surface area (Å²) in [6.45, 7) is 0. The van der Waals surface area contributed by atoms with E-state index in [1.807, 2.05) is 6.07 Å². The molecular weight excluding hydrogens is 528 g/mol. The van der Waals surface area contributed by atoms with Crippen LogP contribution in [0.25, 0.3) is 50.2 Å². The Kier molecular flexibility index (Phi) is 6.31. The Hall–Kier alpha value is -5.13. The van der Waals surface area contributed by atoms with Gasteiger partial charge in [0, 0.05) is 27.4 Å². The molecule has 0 amide bonds. The van der Waals surface area contributed by atoms with E-state index in [1.165, 1.54) is 27.6 Å². The second-order valence-corrected chi connectivity index (χ2v) is 11.4. The van der Waals surface area contributed by atoms with Crippen LogP contribution < -0.4 is 11.3 Å². The van der Waals surface area contributed by atoms with Crippen LogP contribution in [-0.4, -0.2) is 10.8 Å². The summed E-state index contributed by atoms with van der Waals surface area (Å²) in [6.07, 6.45) is 15.2. The van der Waals surface area contributed by atoms with Crippen LogP contribution in [0.2, 0.25) is 0 Å². The maximum Gasteiger partial charge on any atom is 0.206 e. The number of furan rings is 1. The van der Waals surface area contributed by atoms with Gasteiger partial charge in [-0.1, -0.05) is 103 Å². The maximum absolute atomic E-state index is 6.45. The fraction of sp³-hybridized carbons (Fsp3) is 0.132. The van der Waals surface area contributed by atoms with E-state index in [-0.39, 0.29) is 6.04 Å². The van der Waals surface area contributed by atoms with Gasteiger partial charge in [-0.2, -0.15) is 0 Å². The number of allylic oxidation sites excluding steroid dienone is 4. The SMILES string of the molecule is NNC(=NC(C1=CC=CCC1)c1ccc2c(c1)CCC=C2)c1cccc(-c2cccc3c2oc2[nH]c4ccccc4c23)c1. The van der Waals surface area contributed by atoms with Crippen molar-refractivity contribution in [1.29, 1.82) is 0 Å². The molecule has 2 heterocycles. The third-order valence-electron chi connectivity index (χ3n) is 8.76. The lowest BCUT2D eigenvalue weighted by molar-refractivity contribution is 0.658.